The molecule has 1 rings (SSSR count). The van der Waals surface area contributed by atoms with Crippen molar-refractivity contribution in [1.82, 2.24) is 4.98 Å². The Morgan fingerprint density at radius 3 is 2.92 bits per heavy atom. The van der Waals surface area contributed by atoms with E-state index in [0.29, 0.717) is 0 Å². The molecule has 0 aliphatic rings. The van der Waals surface area contributed by atoms with Crippen LogP contribution in [0, 0.1) is 6.92 Å². The van der Waals surface area contributed by atoms with Gasteiger partial charge in [-0.1, -0.05) is 0 Å². The molecule has 4 nitrogen and oxygen atoms in total. The molecule has 0 amide bonds. The minimum absolute atomic E-state index is 0.111. The molecular weight excluding hydrogens is 168 g/mol. The highest BCUT2D eigenvalue weighted by Gasteiger charge is 2.19. The van der Waals surface area contributed by atoms with Crippen molar-refractivity contribution in [3.8, 4) is 0 Å². The molecule has 0 saturated heterocycles. The third-order valence-corrected chi connectivity index (χ3v) is 1.97. The molecule has 0 aliphatic heterocycles. The Labute approximate surface area is 76.4 Å². The van der Waals surface area contributed by atoms with E-state index in [4.69, 9.17) is 10.8 Å². The van der Waals surface area contributed by atoms with Crippen LogP contribution in [-0.4, -0.2) is 22.6 Å². The van der Waals surface area contributed by atoms with Gasteiger partial charge in [0, 0.05) is 18.9 Å². The van der Waals surface area contributed by atoms with Crippen molar-refractivity contribution in [1.29, 1.82) is 0 Å². The number of aryl methyl sites for hydroxylation is 1. The molecule has 0 spiro atoms. The number of carboxylic acid groups (broad SMARTS) is 1. The van der Waals surface area contributed by atoms with E-state index in [1.54, 1.807) is 18.5 Å². The number of nitrogens with two attached hydrogens (primary N) is 1. The summed E-state index contributed by atoms with van der Waals surface area (Å²) in [6, 6.07) is 1.70. The summed E-state index contributed by atoms with van der Waals surface area (Å²) in [6.45, 7) is 1.94. The zero-order valence-corrected chi connectivity index (χ0v) is 7.40. The molecular formula is C9H12N2O2. The van der Waals surface area contributed by atoms with E-state index in [2.05, 4.69) is 4.98 Å². The maximum atomic E-state index is 10.8. The van der Waals surface area contributed by atoms with Crippen molar-refractivity contribution in [3.63, 3.8) is 0 Å². The Kier molecular flexibility index (Phi) is 2.97. The first-order valence-electron chi connectivity index (χ1n) is 4.00. The lowest BCUT2D eigenvalue weighted by molar-refractivity contribution is -0.138. The number of nitrogens with zero attached hydrogens (tertiary/aromatic N) is 1. The zero-order valence-electron chi connectivity index (χ0n) is 7.40. The van der Waals surface area contributed by atoms with Gasteiger partial charge in [-0.2, -0.15) is 0 Å². The molecule has 0 radical (unpaired) electrons. The predicted molar refractivity (Wildman–Crippen MR) is 48.4 cm³/mol. The SMILES string of the molecule is Cc1cnccc1C(CN)C(=O)O. The summed E-state index contributed by atoms with van der Waals surface area (Å²) < 4.78 is 0. The number of carbonyl (C=O) groups is 1. The van der Waals surface area contributed by atoms with Gasteiger partial charge in [0.1, 0.15) is 0 Å². The summed E-state index contributed by atoms with van der Waals surface area (Å²) in [5.41, 5.74) is 6.98. The van der Waals surface area contributed by atoms with Crippen LogP contribution in [0.3, 0.4) is 0 Å². The van der Waals surface area contributed by atoms with Crippen LogP contribution in [0.15, 0.2) is 18.5 Å². The second-order valence-corrected chi connectivity index (χ2v) is 2.86. The average molecular weight is 180 g/mol. The zero-order chi connectivity index (χ0) is 9.84. The van der Waals surface area contributed by atoms with Gasteiger partial charge >= 0.3 is 5.97 Å². The molecule has 70 valence electrons. The highest BCUT2D eigenvalue weighted by atomic mass is 16.4. The fourth-order valence-electron chi connectivity index (χ4n) is 1.24. The largest absolute Gasteiger partial charge is 0.481 e. The standard InChI is InChI=1S/C9H12N2O2/c1-6-5-11-3-2-7(6)8(4-10)9(12)13/h2-3,5,8H,4,10H2,1H3,(H,12,13). The summed E-state index contributed by atoms with van der Waals surface area (Å²) >= 11 is 0. The van der Waals surface area contributed by atoms with Crippen LogP contribution in [0.25, 0.3) is 0 Å². The molecule has 3 N–H and O–H groups in total. The fraction of sp³-hybridized carbons (Fsp3) is 0.333. The molecule has 1 unspecified atom stereocenters. The first-order valence-corrected chi connectivity index (χ1v) is 4.00. The van der Waals surface area contributed by atoms with Crippen LogP contribution >= 0.6 is 0 Å². The van der Waals surface area contributed by atoms with E-state index in [9.17, 15) is 4.79 Å². The molecule has 0 aliphatic carbocycles. The first kappa shape index (κ1) is 9.67. The van der Waals surface area contributed by atoms with Crippen molar-refractivity contribution in [2.24, 2.45) is 5.73 Å². The van der Waals surface area contributed by atoms with Crippen LogP contribution < -0.4 is 5.73 Å². The number of rotatable bonds is 3. The Hall–Kier alpha value is -1.42. The molecule has 0 bridgehead atoms. The molecule has 13 heavy (non-hydrogen) atoms. The fourth-order valence-corrected chi connectivity index (χ4v) is 1.24. The monoisotopic (exact) mass is 180 g/mol. The lowest BCUT2D eigenvalue weighted by Crippen LogP contribution is -2.21. The highest BCUT2D eigenvalue weighted by molar-refractivity contribution is 5.76. The van der Waals surface area contributed by atoms with Gasteiger partial charge in [0.05, 0.1) is 5.92 Å². The van der Waals surface area contributed by atoms with Crippen LogP contribution in [-0.2, 0) is 4.79 Å². The maximum absolute atomic E-state index is 10.8. The molecule has 1 aromatic rings. The van der Waals surface area contributed by atoms with Crippen molar-refractivity contribution in [2.75, 3.05) is 6.54 Å². The molecule has 1 heterocycles. The van der Waals surface area contributed by atoms with E-state index in [0.717, 1.165) is 11.1 Å². The van der Waals surface area contributed by atoms with Gasteiger partial charge in [0.2, 0.25) is 0 Å². The minimum atomic E-state index is -0.892. The minimum Gasteiger partial charge on any atom is -0.481 e. The smallest absolute Gasteiger partial charge is 0.312 e. The second-order valence-electron chi connectivity index (χ2n) is 2.86. The van der Waals surface area contributed by atoms with Crippen LogP contribution in [0.4, 0.5) is 0 Å². The summed E-state index contributed by atoms with van der Waals surface area (Å²) in [5, 5.41) is 8.85. The summed E-state index contributed by atoms with van der Waals surface area (Å²) in [6.07, 6.45) is 3.22. The topological polar surface area (TPSA) is 76.2 Å². The third kappa shape index (κ3) is 2.03. The number of aromatic nitrogens is 1. The van der Waals surface area contributed by atoms with E-state index in [-0.39, 0.29) is 6.54 Å². The van der Waals surface area contributed by atoms with Crippen LogP contribution in [0.2, 0.25) is 0 Å². The second kappa shape index (κ2) is 4.00. The van der Waals surface area contributed by atoms with Gasteiger partial charge < -0.3 is 10.8 Å². The van der Waals surface area contributed by atoms with Gasteiger partial charge in [0.15, 0.2) is 0 Å². The molecule has 1 aromatic heterocycles. The van der Waals surface area contributed by atoms with Crippen molar-refractivity contribution >= 4 is 5.97 Å². The number of hydrogen-bond donors (Lipinski definition) is 2. The summed E-state index contributed by atoms with van der Waals surface area (Å²) in [4.78, 5) is 14.7. The van der Waals surface area contributed by atoms with Gasteiger partial charge in [-0.15, -0.1) is 0 Å². The van der Waals surface area contributed by atoms with Gasteiger partial charge in [-0.3, -0.25) is 9.78 Å². The third-order valence-electron chi connectivity index (χ3n) is 1.97. The van der Waals surface area contributed by atoms with E-state index in [1.807, 2.05) is 6.92 Å². The predicted octanol–water partition coefficient (Wildman–Crippen LogP) is 0.517. The molecule has 0 aromatic carbocycles. The van der Waals surface area contributed by atoms with Gasteiger partial charge in [0.25, 0.3) is 0 Å². The lowest BCUT2D eigenvalue weighted by atomic mass is 9.97. The van der Waals surface area contributed by atoms with Gasteiger partial charge in [-0.25, -0.2) is 0 Å². The summed E-state index contributed by atoms with van der Waals surface area (Å²) in [7, 11) is 0. The summed E-state index contributed by atoms with van der Waals surface area (Å²) in [5.74, 6) is -1.51. The van der Waals surface area contributed by atoms with Crippen LogP contribution in [0.5, 0.6) is 0 Å². The number of hydrogen-bond acceptors (Lipinski definition) is 3. The Morgan fingerprint density at radius 2 is 2.46 bits per heavy atom. The number of pyridine rings is 1. The Morgan fingerprint density at radius 1 is 1.77 bits per heavy atom. The van der Waals surface area contributed by atoms with E-state index < -0.39 is 11.9 Å². The van der Waals surface area contributed by atoms with Gasteiger partial charge in [-0.05, 0) is 24.1 Å². The molecule has 4 heteroatoms. The highest BCUT2D eigenvalue weighted by Crippen LogP contribution is 2.17. The van der Waals surface area contributed by atoms with Crippen molar-refractivity contribution < 1.29 is 9.90 Å². The average Bonchev–Trinajstić information content (AvgIpc) is 2.09. The molecule has 1 atom stereocenters. The Bertz CT molecular complexity index is 312. The molecule has 0 fully saturated rings. The Balaban J connectivity index is 3.04. The quantitative estimate of drug-likeness (QED) is 0.710. The number of carboxylic acids is 1. The van der Waals surface area contributed by atoms with Crippen molar-refractivity contribution in [3.05, 3.63) is 29.6 Å². The van der Waals surface area contributed by atoms with E-state index in [1.165, 1.54) is 0 Å². The van der Waals surface area contributed by atoms with E-state index >= 15 is 0 Å². The van der Waals surface area contributed by atoms with Crippen molar-refractivity contribution in [2.45, 2.75) is 12.8 Å². The number of aliphatic carboxylic acids is 1. The lowest BCUT2D eigenvalue weighted by Gasteiger charge is -2.11. The maximum Gasteiger partial charge on any atom is 0.312 e. The normalized spacial score (nSPS) is 12.5. The van der Waals surface area contributed by atoms with Crippen LogP contribution in [0.1, 0.15) is 17.0 Å². The molecule has 0 saturated carbocycles. The first-order chi connectivity index (χ1) is 6.16.